The van der Waals surface area contributed by atoms with E-state index in [1.807, 2.05) is 18.2 Å². The van der Waals surface area contributed by atoms with Crippen LogP contribution in [-0.2, 0) is 11.3 Å². The van der Waals surface area contributed by atoms with E-state index in [2.05, 4.69) is 37.1 Å². The molecule has 126 valence electrons. The van der Waals surface area contributed by atoms with E-state index in [4.69, 9.17) is 0 Å². The second-order valence-corrected chi connectivity index (χ2v) is 6.90. The number of rotatable bonds is 6. The van der Waals surface area contributed by atoms with Gasteiger partial charge in [0.25, 0.3) is 0 Å². The van der Waals surface area contributed by atoms with Crippen molar-refractivity contribution in [1.29, 1.82) is 0 Å². The predicted octanol–water partition coefficient (Wildman–Crippen LogP) is 2.93. The number of aliphatic hydroxyl groups excluding tert-OH is 1. The summed E-state index contributed by atoms with van der Waals surface area (Å²) < 4.78 is 0. The van der Waals surface area contributed by atoms with Crippen molar-refractivity contribution in [1.82, 2.24) is 10.3 Å². The van der Waals surface area contributed by atoms with Gasteiger partial charge in [0.2, 0.25) is 5.91 Å². The third-order valence-electron chi connectivity index (χ3n) is 4.92. The van der Waals surface area contributed by atoms with Crippen LogP contribution in [0.1, 0.15) is 39.3 Å². The number of amides is 1. The van der Waals surface area contributed by atoms with E-state index in [-0.39, 0.29) is 24.3 Å². The summed E-state index contributed by atoms with van der Waals surface area (Å²) in [6.07, 6.45) is 5.39. The van der Waals surface area contributed by atoms with Crippen molar-refractivity contribution in [3.8, 4) is 0 Å². The first-order valence-electron chi connectivity index (χ1n) is 8.47. The van der Waals surface area contributed by atoms with Gasteiger partial charge >= 0.3 is 0 Å². The molecule has 3 atom stereocenters. The molecule has 1 aliphatic carbocycles. The lowest BCUT2D eigenvalue weighted by Gasteiger charge is -2.36. The molecule has 23 heavy (non-hydrogen) atoms. The second-order valence-electron chi connectivity index (χ2n) is 6.90. The van der Waals surface area contributed by atoms with Crippen LogP contribution in [0.15, 0.2) is 36.0 Å². The maximum Gasteiger partial charge on any atom is 0.220 e. The van der Waals surface area contributed by atoms with Crippen molar-refractivity contribution in [2.24, 2.45) is 23.7 Å². The molecule has 0 bridgehead atoms. The molecule has 0 unspecified atom stereocenters. The lowest BCUT2D eigenvalue weighted by atomic mass is 9.70. The van der Waals surface area contributed by atoms with Crippen LogP contribution in [0.5, 0.6) is 0 Å². The average molecular weight is 316 g/mol. The Labute approximate surface area is 139 Å². The van der Waals surface area contributed by atoms with E-state index in [0.717, 1.165) is 12.1 Å². The molecule has 1 amide bonds. The quantitative estimate of drug-likeness (QED) is 0.793. The summed E-state index contributed by atoms with van der Waals surface area (Å²) in [7, 11) is 0. The van der Waals surface area contributed by atoms with Crippen LogP contribution < -0.4 is 5.32 Å². The van der Waals surface area contributed by atoms with Crippen LogP contribution in [0.2, 0.25) is 0 Å². The third-order valence-corrected chi connectivity index (χ3v) is 4.92. The van der Waals surface area contributed by atoms with Gasteiger partial charge in [0, 0.05) is 25.1 Å². The van der Waals surface area contributed by atoms with Crippen molar-refractivity contribution in [2.75, 3.05) is 6.61 Å². The molecule has 1 heterocycles. The Hall–Kier alpha value is -1.68. The molecular formula is C19H28N2O2. The minimum Gasteiger partial charge on any atom is -0.396 e. The molecule has 1 aliphatic rings. The van der Waals surface area contributed by atoms with Crippen LogP contribution in [0.25, 0.3) is 0 Å². The average Bonchev–Trinajstić information content (AvgIpc) is 2.55. The van der Waals surface area contributed by atoms with Gasteiger partial charge in [-0.3, -0.25) is 9.78 Å². The lowest BCUT2D eigenvalue weighted by Crippen LogP contribution is -2.32. The third kappa shape index (κ3) is 4.90. The number of aliphatic hydroxyl groups is 1. The molecule has 0 fully saturated rings. The van der Waals surface area contributed by atoms with E-state index < -0.39 is 0 Å². The lowest BCUT2D eigenvalue weighted by molar-refractivity contribution is -0.122. The van der Waals surface area contributed by atoms with Crippen molar-refractivity contribution in [3.63, 3.8) is 0 Å². The summed E-state index contributed by atoms with van der Waals surface area (Å²) >= 11 is 0. The van der Waals surface area contributed by atoms with E-state index in [1.165, 1.54) is 5.57 Å². The molecular weight excluding hydrogens is 288 g/mol. The fourth-order valence-electron chi connectivity index (χ4n) is 3.47. The van der Waals surface area contributed by atoms with Gasteiger partial charge in [-0.1, -0.05) is 31.6 Å². The van der Waals surface area contributed by atoms with Crippen LogP contribution in [0, 0.1) is 23.7 Å². The number of hydrogen-bond acceptors (Lipinski definition) is 3. The summed E-state index contributed by atoms with van der Waals surface area (Å²) in [5, 5.41) is 12.5. The number of nitrogens with one attached hydrogen (secondary N) is 1. The van der Waals surface area contributed by atoms with Gasteiger partial charge in [-0.2, -0.15) is 0 Å². The number of carbonyl (C=O) groups is 1. The Morgan fingerprint density at radius 1 is 1.43 bits per heavy atom. The van der Waals surface area contributed by atoms with E-state index in [9.17, 15) is 9.90 Å². The van der Waals surface area contributed by atoms with Crippen LogP contribution in [0.3, 0.4) is 0 Å². The van der Waals surface area contributed by atoms with Crippen molar-refractivity contribution in [2.45, 2.75) is 40.2 Å². The standard InChI is InChI=1S/C19H28N2O2/c1-13(2)18-9-15(14(3)8-16(18)12-22)10-19(23)21-11-17-6-4-5-7-20-17/h4-8,13,15-16,18,22H,9-12H2,1-3H3,(H,21,23)/t15-,16-,18-/m0/s1. The Bertz CT molecular complexity index is 540. The zero-order valence-corrected chi connectivity index (χ0v) is 14.3. The number of allylic oxidation sites excluding steroid dienone is 1. The summed E-state index contributed by atoms with van der Waals surface area (Å²) in [6.45, 7) is 7.14. The first-order chi connectivity index (χ1) is 11.0. The Morgan fingerprint density at radius 3 is 2.83 bits per heavy atom. The molecule has 1 aromatic heterocycles. The normalized spacial score (nSPS) is 24.4. The van der Waals surface area contributed by atoms with Crippen molar-refractivity contribution < 1.29 is 9.90 Å². The smallest absolute Gasteiger partial charge is 0.220 e. The van der Waals surface area contributed by atoms with Gasteiger partial charge < -0.3 is 10.4 Å². The zero-order chi connectivity index (χ0) is 16.8. The van der Waals surface area contributed by atoms with E-state index in [0.29, 0.717) is 24.8 Å². The molecule has 0 aliphatic heterocycles. The summed E-state index contributed by atoms with van der Waals surface area (Å²) in [4.78, 5) is 16.5. The zero-order valence-electron chi connectivity index (χ0n) is 14.3. The number of pyridine rings is 1. The minimum absolute atomic E-state index is 0.0679. The van der Waals surface area contributed by atoms with E-state index in [1.54, 1.807) is 6.20 Å². The molecule has 0 spiro atoms. The highest BCUT2D eigenvalue weighted by atomic mass is 16.3. The van der Waals surface area contributed by atoms with Crippen LogP contribution >= 0.6 is 0 Å². The molecule has 2 rings (SSSR count). The molecule has 0 saturated heterocycles. The minimum atomic E-state index is 0.0679. The monoisotopic (exact) mass is 316 g/mol. The first kappa shape index (κ1) is 17.7. The summed E-state index contributed by atoms with van der Waals surface area (Å²) in [5.74, 6) is 1.52. The van der Waals surface area contributed by atoms with Gasteiger partial charge in [0.15, 0.2) is 0 Å². The maximum absolute atomic E-state index is 12.2. The number of aromatic nitrogens is 1. The Kier molecular flexibility index (Phi) is 6.34. The highest BCUT2D eigenvalue weighted by Gasteiger charge is 2.32. The molecule has 4 nitrogen and oxygen atoms in total. The second kappa shape index (κ2) is 8.25. The van der Waals surface area contributed by atoms with E-state index >= 15 is 0 Å². The maximum atomic E-state index is 12.2. The van der Waals surface area contributed by atoms with Crippen LogP contribution in [0.4, 0.5) is 0 Å². The van der Waals surface area contributed by atoms with Crippen molar-refractivity contribution >= 4 is 5.91 Å². The molecule has 4 heteroatoms. The molecule has 2 N–H and O–H groups in total. The molecule has 1 aromatic rings. The highest BCUT2D eigenvalue weighted by molar-refractivity contribution is 5.76. The topological polar surface area (TPSA) is 62.2 Å². The Balaban J connectivity index is 1.92. The Morgan fingerprint density at radius 2 is 2.22 bits per heavy atom. The molecule has 0 radical (unpaired) electrons. The van der Waals surface area contributed by atoms with Crippen LogP contribution in [-0.4, -0.2) is 22.6 Å². The van der Waals surface area contributed by atoms with Crippen molar-refractivity contribution in [3.05, 3.63) is 41.7 Å². The van der Waals surface area contributed by atoms with Gasteiger partial charge in [-0.25, -0.2) is 0 Å². The molecule has 0 saturated carbocycles. The SMILES string of the molecule is CC1=C[C@@H](CO)[C@H](C(C)C)C[C@H]1CC(=O)NCc1ccccn1. The highest BCUT2D eigenvalue weighted by Crippen LogP contribution is 2.38. The molecule has 0 aromatic carbocycles. The predicted molar refractivity (Wildman–Crippen MR) is 91.5 cm³/mol. The van der Waals surface area contributed by atoms with Gasteiger partial charge in [0.1, 0.15) is 0 Å². The number of carbonyl (C=O) groups excluding carboxylic acids is 1. The fourth-order valence-corrected chi connectivity index (χ4v) is 3.47. The number of hydrogen-bond donors (Lipinski definition) is 2. The first-order valence-corrected chi connectivity index (χ1v) is 8.47. The van der Waals surface area contributed by atoms with Gasteiger partial charge in [0.05, 0.1) is 12.2 Å². The van der Waals surface area contributed by atoms with Gasteiger partial charge in [-0.15, -0.1) is 0 Å². The van der Waals surface area contributed by atoms with Gasteiger partial charge in [-0.05, 0) is 43.2 Å². The summed E-state index contributed by atoms with van der Waals surface area (Å²) in [5.41, 5.74) is 2.10. The summed E-state index contributed by atoms with van der Waals surface area (Å²) in [6, 6.07) is 5.70. The number of nitrogens with zero attached hydrogens (tertiary/aromatic N) is 1. The largest absolute Gasteiger partial charge is 0.396 e. The fraction of sp³-hybridized carbons (Fsp3) is 0.579.